The first kappa shape index (κ1) is 27.6. The molecule has 0 aliphatic carbocycles. The first-order chi connectivity index (χ1) is 18.4. The summed E-state index contributed by atoms with van der Waals surface area (Å²) in [6.45, 7) is 5.31. The number of carbonyl (C=O) groups is 2. The second-order valence-electron chi connectivity index (χ2n) is 9.68. The van der Waals surface area contributed by atoms with Crippen LogP contribution in [0.1, 0.15) is 37.3 Å². The molecule has 0 saturated carbocycles. The van der Waals surface area contributed by atoms with Crippen LogP contribution in [0.3, 0.4) is 0 Å². The Morgan fingerprint density at radius 3 is 2.16 bits per heavy atom. The Kier molecular flexibility index (Phi) is 9.00. The fraction of sp³-hybridized carbons (Fsp3) is 0.400. The second-order valence-corrected chi connectivity index (χ2v) is 10.1. The molecule has 2 aromatic rings. The maximum absolute atomic E-state index is 13.0. The molecule has 0 radical (unpaired) electrons. The van der Waals surface area contributed by atoms with Crippen molar-refractivity contribution in [1.29, 1.82) is 0 Å². The number of carbonyl (C=O) groups excluding carboxylic acids is 2. The summed E-state index contributed by atoms with van der Waals surface area (Å²) in [5, 5.41) is 0.404. The summed E-state index contributed by atoms with van der Waals surface area (Å²) in [5.74, 6) is 1.72. The van der Waals surface area contributed by atoms with E-state index in [1.165, 1.54) is 7.11 Å². The van der Waals surface area contributed by atoms with Gasteiger partial charge in [0.05, 0.1) is 25.8 Å². The smallest absolute Gasteiger partial charge is 0.246 e. The lowest BCUT2D eigenvalue weighted by atomic mass is 9.78. The molecule has 0 atom stereocenters. The molecule has 0 bridgehead atoms. The molecule has 2 saturated heterocycles. The number of hydrogen-bond donors (Lipinski definition) is 0. The van der Waals surface area contributed by atoms with Gasteiger partial charge in [0.1, 0.15) is 5.75 Å². The molecular weight excluding hydrogens is 504 g/mol. The molecule has 0 aromatic heterocycles. The van der Waals surface area contributed by atoms with Crippen molar-refractivity contribution in [3.63, 3.8) is 0 Å². The highest BCUT2D eigenvalue weighted by molar-refractivity contribution is 6.33. The first-order valence-electron chi connectivity index (χ1n) is 13.0. The van der Waals surface area contributed by atoms with E-state index in [1.807, 2.05) is 47.1 Å². The molecule has 2 aliphatic rings. The van der Waals surface area contributed by atoms with E-state index in [9.17, 15) is 9.59 Å². The average molecular weight is 539 g/mol. The van der Waals surface area contributed by atoms with Crippen molar-refractivity contribution in [3.8, 4) is 17.2 Å². The quantitative estimate of drug-likeness (QED) is 0.425. The van der Waals surface area contributed by atoms with Crippen molar-refractivity contribution in [2.24, 2.45) is 5.41 Å². The SMILES string of the molecule is CCOc1ccccc1C=CC(=O)N1CCC2(CC1)CCN(C(=O)C=Cc1ccc(OC)c(OC)c1Cl)C2. The molecule has 2 amide bonds. The van der Waals surface area contributed by atoms with Crippen molar-refractivity contribution in [3.05, 3.63) is 64.7 Å². The van der Waals surface area contributed by atoms with Gasteiger partial charge in [0.25, 0.3) is 0 Å². The number of amides is 2. The van der Waals surface area contributed by atoms with Crippen LogP contribution in [0.4, 0.5) is 0 Å². The van der Waals surface area contributed by atoms with E-state index in [0.29, 0.717) is 54.9 Å². The number of benzene rings is 2. The zero-order valence-electron chi connectivity index (χ0n) is 22.2. The third-order valence-corrected chi connectivity index (χ3v) is 7.82. The molecule has 0 unspecified atom stereocenters. The van der Waals surface area contributed by atoms with E-state index < -0.39 is 0 Å². The predicted molar refractivity (Wildman–Crippen MR) is 150 cm³/mol. The van der Waals surface area contributed by atoms with Crippen LogP contribution in [0.25, 0.3) is 12.2 Å². The predicted octanol–water partition coefficient (Wildman–Crippen LogP) is 5.32. The highest BCUT2D eigenvalue weighted by Gasteiger charge is 2.42. The van der Waals surface area contributed by atoms with Crippen molar-refractivity contribution >= 4 is 35.6 Å². The van der Waals surface area contributed by atoms with Gasteiger partial charge in [0, 0.05) is 43.9 Å². The standard InChI is InChI=1S/C30H35ClN2O5/c1-4-38-24-8-6-5-7-22(24)10-13-26(34)32-18-15-30(16-19-32)17-20-33(21-30)27(35)14-11-23-9-12-25(36-2)29(37-3)28(23)31/h5-14H,4,15-21H2,1-3H3. The van der Waals surface area contributed by atoms with Gasteiger partial charge >= 0.3 is 0 Å². The van der Waals surface area contributed by atoms with Crippen molar-refractivity contribution in [1.82, 2.24) is 9.80 Å². The summed E-state index contributed by atoms with van der Waals surface area (Å²) in [5.41, 5.74) is 1.64. The molecule has 2 fully saturated rings. The monoisotopic (exact) mass is 538 g/mol. The molecule has 7 nitrogen and oxygen atoms in total. The van der Waals surface area contributed by atoms with E-state index in [4.69, 9.17) is 25.8 Å². The summed E-state index contributed by atoms with van der Waals surface area (Å²) >= 11 is 6.45. The molecule has 8 heteroatoms. The summed E-state index contributed by atoms with van der Waals surface area (Å²) < 4.78 is 16.3. The van der Waals surface area contributed by atoms with Crippen molar-refractivity contribution < 1.29 is 23.8 Å². The van der Waals surface area contributed by atoms with Crippen molar-refractivity contribution in [2.45, 2.75) is 26.2 Å². The Bertz CT molecular complexity index is 1220. The van der Waals surface area contributed by atoms with E-state index in [1.54, 1.807) is 37.5 Å². The van der Waals surface area contributed by atoms with Gasteiger partial charge in [-0.25, -0.2) is 0 Å². The van der Waals surface area contributed by atoms with Gasteiger partial charge in [-0.1, -0.05) is 29.8 Å². The van der Waals surface area contributed by atoms with E-state index in [0.717, 1.165) is 30.6 Å². The van der Waals surface area contributed by atoms with Crippen LogP contribution >= 0.6 is 11.6 Å². The molecule has 2 aliphatic heterocycles. The number of piperidine rings is 1. The summed E-state index contributed by atoms with van der Waals surface area (Å²) in [4.78, 5) is 29.6. The molecule has 0 N–H and O–H groups in total. The molecular formula is C30H35ClN2O5. The molecule has 38 heavy (non-hydrogen) atoms. The Balaban J connectivity index is 1.32. The number of ether oxygens (including phenoxy) is 3. The van der Waals surface area contributed by atoms with Crippen LogP contribution in [0.5, 0.6) is 17.2 Å². The molecule has 4 rings (SSSR count). The van der Waals surface area contributed by atoms with E-state index in [-0.39, 0.29) is 17.2 Å². The number of para-hydroxylation sites is 1. The van der Waals surface area contributed by atoms with Crippen LogP contribution < -0.4 is 14.2 Å². The molecule has 202 valence electrons. The zero-order valence-corrected chi connectivity index (χ0v) is 23.0. The fourth-order valence-corrected chi connectivity index (χ4v) is 5.50. The van der Waals surface area contributed by atoms with Crippen molar-refractivity contribution in [2.75, 3.05) is 47.0 Å². The van der Waals surface area contributed by atoms with Gasteiger partial charge in [-0.15, -0.1) is 0 Å². The van der Waals surface area contributed by atoms with Crippen LogP contribution in [-0.4, -0.2) is 68.6 Å². The number of likely N-dealkylation sites (tertiary alicyclic amines) is 2. The van der Waals surface area contributed by atoms with Gasteiger partial charge in [0.2, 0.25) is 11.8 Å². The van der Waals surface area contributed by atoms with E-state index >= 15 is 0 Å². The number of halogens is 1. The third-order valence-electron chi connectivity index (χ3n) is 7.43. The normalized spacial score (nSPS) is 16.9. The summed E-state index contributed by atoms with van der Waals surface area (Å²) in [6.07, 6.45) is 9.46. The first-order valence-corrected chi connectivity index (χ1v) is 13.3. The fourth-order valence-electron chi connectivity index (χ4n) is 5.20. The molecule has 2 aromatic carbocycles. The minimum absolute atomic E-state index is 0.00631. The number of nitrogens with zero attached hydrogens (tertiary/aromatic N) is 2. The Hall–Kier alpha value is -3.45. The highest BCUT2D eigenvalue weighted by atomic mass is 35.5. The number of hydrogen-bond acceptors (Lipinski definition) is 5. The third kappa shape index (κ3) is 6.16. The Morgan fingerprint density at radius 1 is 0.868 bits per heavy atom. The van der Waals surface area contributed by atoms with Gasteiger partial charge in [-0.3, -0.25) is 9.59 Å². The Morgan fingerprint density at radius 2 is 1.50 bits per heavy atom. The lowest BCUT2D eigenvalue weighted by molar-refractivity contribution is -0.129. The van der Waals surface area contributed by atoms with Gasteiger partial charge in [-0.2, -0.15) is 0 Å². The topological polar surface area (TPSA) is 68.3 Å². The van der Waals surface area contributed by atoms with Crippen LogP contribution in [0.2, 0.25) is 5.02 Å². The maximum atomic E-state index is 13.0. The number of rotatable bonds is 8. The highest BCUT2D eigenvalue weighted by Crippen LogP contribution is 2.41. The second kappa shape index (κ2) is 12.4. The lowest BCUT2D eigenvalue weighted by Crippen LogP contribution is -2.44. The van der Waals surface area contributed by atoms with Gasteiger partial charge < -0.3 is 24.0 Å². The zero-order chi connectivity index (χ0) is 27.1. The summed E-state index contributed by atoms with van der Waals surface area (Å²) in [6, 6.07) is 11.3. The van der Waals surface area contributed by atoms with Gasteiger partial charge in [0.15, 0.2) is 11.5 Å². The number of methoxy groups -OCH3 is 2. The average Bonchev–Trinajstić information content (AvgIpc) is 3.35. The molecule has 1 spiro atoms. The van der Waals surface area contributed by atoms with E-state index in [2.05, 4.69) is 0 Å². The van der Waals surface area contributed by atoms with Gasteiger partial charge in [-0.05, 0) is 67.5 Å². The Labute approximate surface area is 229 Å². The molecule has 2 heterocycles. The maximum Gasteiger partial charge on any atom is 0.246 e. The van der Waals surface area contributed by atoms with Crippen LogP contribution in [-0.2, 0) is 9.59 Å². The minimum Gasteiger partial charge on any atom is -0.493 e. The lowest BCUT2D eigenvalue weighted by Gasteiger charge is -2.38. The van der Waals surface area contributed by atoms with Crippen LogP contribution in [0, 0.1) is 5.41 Å². The largest absolute Gasteiger partial charge is 0.493 e. The minimum atomic E-state index is -0.0397. The van der Waals surface area contributed by atoms with Crippen LogP contribution in [0.15, 0.2) is 48.6 Å². The summed E-state index contributed by atoms with van der Waals surface area (Å²) in [7, 11) is 3.08.